The Balaban J connectivity index is 1.89. The van der Waals surface area contributed by atoms with E-state index in [2.05, 4.69) is 56.6 Å². The van der Waals surface area contributed by atoms with Crippen LogP contribution in [0.25, 0.3) is 0 Å². The van der Waals surface area contributed by atoms with Crippen molar-refractivity contribution in [2.24, 2.45) is 17.3 Å². The molecule has 1 aliphatic heterocycles. The number of carbonyl (C=O) groups is 1. The van der Waals surface area contributed by atoms with E-state index in [0.29, 0.717) is 25.0 Å². The zero-order chi connectivity index (χ0) is 19.5. The van der Waals surface area contributed by atoms with E-state index in [0.717, 1.165) is 29.5 Å². The van der Waals surface area contributed by atoms with Crippen molar-refractivity contribution in [3.05, 3.63) is 28.2 Å². The predicted octanol–water partition coefficient (Wildman–Crippen LogP) is 5.97. The first kappa shape index (κ1) is 21.1. The van der Waals surface area contributed by atoms with Crippen LogP contribution in [0.5, 0.6) is 5.75 Å². The minimum atomic E-state index is -0.787. The number of halogens is 1. The van der Waals surface area contributed by atoms with Gasteiger partial charge in [0.2, 0.25) is 0 Å². The number of nitrogens with zero attached hydrogens (tertiary/aromatic N) is 1. The Morgan fingerprint density at radius 3 is 2.69 bits per heavy atom. The van der Waals surface area contributed by atoms with Crippen molar-refractivity contribution in [3.8, 4) is 5.75 Å². The molecule has 1 aliphatic rings. The second kappa shape index (κ2) is 8.64. The van der Waals surface area contributed by atoms with Crippen molar-refractivity contribution in [2.45, 2.75) is 59.9 Å². The largest absolute Gasteiger partial charge is 0.494 e. The second-order valence-electron chi connectivity index (χ2n) is 8.67. The molecule has 0 saturated carbocycles. The molecule has 1 aromatic rings. The van der Waals surface area contributed by atoms with Gasteiger partial charge in [0.1, 0.15) is 5.75 Å². The summed E-state index contributed by atoms with van der Waals surface area (Å²) < 4.78 is 7.03. The number of hydrogen-bond donors (Lipinski definition) is 1. The third-order valence-corrected chi connectivity index (χ3v) is 6.55. The topological polar surface area (TPSA) is 49.8 Å². The number of rotatable bonds is 5. The number of piperidine rings is 1. The van der Waals surface area contributed by atoms with E-state index in [4.69, 9.17) is 4.74 Å². The third kappa shape index (κ3) is 5.38. The van der Waals surface area contributed by atoms with Crippen molar-refractivity contribution < 1.29 is 14.6 Å². The third-order valence-electron chi connectivity index (χ3n) is 5.66. The Bertz CT molecular complexity index is 626. The van der Waals surface area contributed by atoms with Gasteiger partial charge in [-0.3, -0.25) is 0 Å². The van der Waals surface area contributed by atoms with Gasteiger partial charge in [-0.2, -0.15) is 0 Å². The Morgan fingerprint density at radius 1 is 1.42 bits per heavy atom. The van der Waals surface area contributed by atoms with Gasteiger partial charge < -0.3 is 14.7 Å². The fourth-order valence-electron chi connectivity index (χ4n) is 3.86. The molecule has 1 heterocycles. The molecular formula is C21H32BrNO3. The molecule has 0 spiro atoms. The lowest BCUT2D eigenvalue weighted by Crippen LogP contribution is -2.52. The monoisotopic (exact) mass is 425 g/mol. The van der Waals surface area contributed by atoms with Crippen LogP contribution < -0.4 is 4.74 Å². The molecule has 2 unspecified atom stereocenters. The van der Waals surface area contributed by atoms with Gasteiger partial charge in [-0.15, -0.1) is 0 Å². The highest BCUT2D eigenvalue weighted by Crippen LogP contribution is 2.38. The maximum atomic E-state index is 11.6. The van der Waals surface area contributed by atoms with E-state index in [1.165, 1.54) is 5.56 Å². The molecule has 1 aromatic carbocycles. The number of amides is 1. The first-order chi connectivity index (χ1) is 12.1. The van der Waals surface area contributed by atoms with Crippen LogP contribution in [0.3, 0.4) is 0 Å². The zero-order valence-corrected chi connectivity index (χ0v) is 18.2. The SMILES string of the molecule is Cc1cc(OCC[C@@H](C)C2CCN(C(=O)O)C(C(C)(C)C)C2)ccc1Br. The molecule has 0 aromatic heterocycles. The molecule has 26 heavy (non-hydrogen) atoms. The lowest BCUT2D eigenvalue weighted by Gasteiger charge is -2.46. The minimum absolute atomic E-state index is 0.0395. The Morgan fingerprint density at radius 2 is 2.12 bits per heavy atom. The van der Waals surface area contributed by atoms with E-state index < -0.39 is 6.09 Å². The molecule has 1 N–H and O–H groups in total. The highest BCUT2D eigenvalue weighted by atomic mass is 79.9. The van der Waals surface area contributed by atoms with Crippen molar-refractivity contribution in [1.29, 1.82) is 0 Å². The molecule has 0 aliphatic carbocycles. The number of hydrogen-bond acceptors (Lipinski definition) is 2. The van der Waals surface area contributed by atoms with Gasteiger partial charge >= 0.3 is 6.09 Å². The van der Waals surface area contributed by atoms with Gasteiger partial charge in [0.25, 0.3) is 0 Å². The summed E-state index contributed by atoms with van der Waals surface area (Å²) >= 11 is 3.51. The van der Waals surface area contributed by atoms with Crippen LogP contribution in [0.15, 0.2) is 22.7 Å². The lowest BCUT2D eigenvalue weighted by molar-refractivity contribution is 0.0271. The quantitative estimate of drug-likeness (QED) is 0.631. The van der Waals surface area contributed by atoms with E-state index >= 15 is 0 Å². The molecule has 0 bridgehead atoms. The molecule has 2 rings (SSSR count). The van der Waals surface area contributed by atoms with Gasteiger partial charge in [-0.1, -0.05) is 43.6 Å². The normalized spacial score (nSPS) is 22.2. The van der Waals surface area contributed by atoms with E-state index in [9.17, 15) is 9.90 Å². The molecule has 3 atom stereocenters. The second-order valence-corrected chi connectivity index (χ2v) is 9.52. The smallest absolute Gasteiger partial charge is 0.407 e. The highest BCUT2D eigenvalue weighted by molar-refractivity contribution is 9.10. The summed E-state index contributed by atoms with van der Waals surface area (Å²) in [5.41, 5.74) is 1.13. The number of aryl methyl sites for hydroxylation is 1. The maximum Gasteiger partial charge on any atom is 0.407 e. The molecule has 1 fully saturated rings. The fourth-order valence-corrected chi connectivity index (χ4v) is 4.11. The summed E-state index contributed by atoms with van der Waals surface area (Å²) in [4.78, 5) is 13.2. The maximum absolute atomic E-state index is 11.6. The molecule has 0 radical (unpaired) electrons. The van der Waals surface area contributed by atoms with Gasteiger partial charge in [-0.05, 0) is 67.2 Å². The first-order valence-electron chi connectivity index (χ1n) is 9.48. The summed E-state index contributed by atoms with van der Waals surface area (Å²) in [6.07, 6.45) is 2.08. The lowest BCUT2D eigenvalue weighted by atomic mass is 9.73. The van der Waals surface area contributed by atoms with Crippen LogP contribution in [-0.4, -0.2) is 35.3 Å². The number of ether oxygens (including phenoxy) is 1. The van der Waals surface area contributed by atoms with E-state index in [1.54, 1.807) is 4.90 Å². The zero-order valence-electron chi connectivity index (χ0n) is 16.6. The van der Waals surface area contributed by atoms with Crippen LogP contribution in [0.4, 0.5) is 4.79 Å². The fraction of sp³-hybridized carbons (Fsp3) is 0.667. The molecule has 1 amide bonds. The summed E-state index contributed by atoms with van der Waals surface area (Å²) in [6, 6.07) is 6.14. The summed E-state index contributed by atoms with van der Waals surface area (Å²) in [7, 11) is 0. The van der Waals surface area contributed by atoms with Crippen LogP contribution in [0, 0.1) is 24.2 Å². The molecule has 4 nitrogen and oxygen atoms in total. The molecule has 146 valence electrons. The predicted molar refractivity (Wildman–Crippen MR) is 109 cm³/mol. The Kier molecular flexibility index (Phi) is 7.00. The van der Waals surface area contributed by atoms with Crippen molar-refractivity contribution in [1.82, 2.24) is 4.90 Å². The average Bonchev–Trinajstić information content (AvgIpc) is 2.56. The van der Waals surface area contributed by atoms with Gasteiger partial charge in [0, 0.05) is 17.1 Å². The molecule has 5 heteroatoms. The van der Waals surface area contributed by atoms with Crippen molar-refractivity contribution in [2.75, 3.05) is 13.2 Å². The number of benzene rings is 1. The van der Waals surface area contributed by atoms with Crippen LogP contribution >= 0.6 is 15.9 Å². The summed E-state index contributed by atoms with van der Waals surface area (Å²) in [5.74, 6) is 1.98. The molecular weight excluding hydrogens is 394 g/mol. The average molecular weight is 426 g/mol. The molecule has 1 saturated heterocycles. The highest BCUT2D eigenvalue weighted by Gasteiger charge is 2.39. The van der Waals surface area contributed by atoms with Crippen LogP contribution in [-0.2, 0) is 0 Å². The van der Waals surface area contributed by atoms with Crippen molar-refractivity contribution >= 4 is 22.0 Å². The summed E-state index contributed by atoms with van der Waals surface area (Å²) in [6.45, 7) is 12.1. The van der Waals surface area contributed by atoms with Gasteiger partial charge in [0.05, 0.1) is 6.61 Å². The van der Waals surface area contributed by atoms with E-state index in [-0.39, 0.29) is 11.5 Å². The standard InChI is InChI=1S/C21H32BrNO3/c1-14(9-11-26-17-6-7-18(22)15(2)12-17)16-8-10-23(20(24)25)19(13-16)21(3,4)5/h6-7,12,14,16,19H,8-11,13H2,1-5H3,(H,24,25)/t14-,16?,19?/m1/s1. The Hall–Kier alpha value is -1.23. The van der Waals surface area contributed by atoms with Crippen LogP contribution in [0.1, 0.15) is 52.5 Å². The number of carboxylic acid groups (broad SMARTS) is 1. The van der Waals surface area contributed by atoms with Crippen molar-refractivity contribution in [3.63, 3.8) is 0 Å². The van der Waals surface area contributed by atoms with Gasteiger partial charge in [0.15, 0.2) is 0 Å². The van der Waals surface area contributed by atoms with Gasteiger partial charge in [-0.25, -0.2) is 4.79 Å². The first-order valence-corrected chi connectivity index (χ1v) is 10.3. The van der Waals surface area contributed by atoms with Crippen LogP contribution in [0.2, 0.25) is 0 Å². The van der Waals surface area contributed by atoms with E-state index in [1.807, 2.05) is 12.1 Å². The minimum Gasteiger partial charge on any atom is -0.494 e. The Labute approximate surface area is 166 Å². The number of likely N-dealkylation sites (tertiary alicyclic amines) is 1. The summed E-state index contributed by atoms with van der Waals surface area (Å²) in [5, 5.41) is 9.51.